The van der Waals surface area contributed by atoms with Crippen molar-refractivity contribution >= 4 is 23.7 Å². The van der Waals surface area contributed by atoms with Crippen LogP contribution in [0.3, 0.4) is 0 Å². The van der Waals surface area contributed by atoms with Gasteiger partial charge in [0.25, 0.3) is 0 Å². The van der Waals surface area contributed by atoms with Gasteiger partial charge in [-0.3, -0.25) is 0 Å². The van der Waals surface area contributed by atoms with Crippen molar-refractivity contribution in [1.29, 1.82) is 0 Å². The summed E-state index contributed by atoms with van der Waals surface area (Å²) in [5.74, 6) is 0. The lowest BCUT2D eigenvalue weighted by molar-refractivity contribution is 1.48. The SMILES string of the molecule is CC(=C(N)c1ccccc1)c1ccccc1.Cl. The Bertz CT molecular complexity index is 441. The molecule has 0 heterocycles. The Balaban J connectivity index is 0.00000144. The van der Waals surface area contributed by atoms with Gasteiger partial charge in [-0.2, -0.15) is 0 Å². The van der Waals surface area contributed by atoms with E-state index in [-0.39, 0.29) is 12.4 Å². The van der Waals surface area contributed by atoms with Crippen LogP contribution in [0, 0.1) is 0 Å². The smallest absolute Gasteiger partial charge is 0.0423 e. The first-order valence-electron chi connectivity index (χ1n) is 5.36. The van der Waals surface area contributed by atoms with Gasteiger partial charge in [-0.1, -0.05) is 60.7 Å². The predicted octanol–water partition coefficient (Wildman–Crippen LogP) is 3.96. The third kappa shape index (κ3) is 3.11. The maximum Gasteiger partial charge on any atom is 0.0423 e. The van der Waals surface area contributed by atoms with Gasteiger partial charge in [-0.25, -0.2) is 0 Å². The van der Waals surface area contributed by atoms with E-state index in [0.717, 1.165) is 16.8 Å². The van der Waals surface area contributed by atoms with Crippen LogP contribution in [0.25, 0.3) is 11.3 Å². The summed E-state index contributed by atoms with van der Waals surface area (Å²) in [7, 11) is 0. The molecule has 0 unspecified atom stereocenters. The van der Waals surface area contributed by atoms with Gasteiger partial charge >= 0.3 is 0 Å². The van der Waals surface area contributed by atoms with Crippen LogP contribution in [0.4, 0.5) is 0 Å². The molecule has 0 aliphatic heterocycles. The fourth-order valence-electron chi connectivity index (χ4n) is 1.68. The molecule has 0 radical (unpaired) electrons. The average molecular weight is 246 g/mol. The molecule has 17 heavy (non-hydrogen) atoms. The highest BCUT2D eigenvalue weighted by Gasteiger charge is 2.02. The maximum absolute atomic E-state index is 6.15. The molecule has 88 valence electrons. The molecular weight excluding hydrogens is 230 g/mol. The van der Waals surface area contributed by atoms with Crippen LogP contribution >= 0.6 is 12.4 Å². The summed E-state index contributed by atoms with van der Waals surface area (Å²) in [5.41, 5.74) is 10.4. The van der Waals surface area contributed by atoms with Gasteiger partial charge in [0.1, 0.15) is 0 Å². The van der Waals surface area contributed by atoms with Crippen molar-refractivity contribution in [3.05, 3.63) is 71.8 Å². The van der Waals surface area contributed by atoms with Gasteiger partial charge in [-0.15, -0.1) is 12.4 Å². The Kier molecular flexibility index (Phi) is 4.80. The first-order valence-corrected chi connectivity index (χ1v) is 5.36. The topological polar surface area (TPSA) is 26.0 Å². The van der Waals surface area contributed by atoms with Crippen LogP contribution in [-0.2, 0) is 0 Å². The Morgan fingerprint density at radius 1 is 0.765 bits per heavy atom. The number of allylic oxidation sites excluding steroid dienone is 1. The van der Waals surface area contributed by atoms with E-state index in [1.165, 1.54) is 5.56 Å². The molecule has 2 heteroatoms. The third-order valence-corrected chi connectivity index (χ3v) is 2.70. The Hall–Kier alpha value is -1.73. The van der Waals surface area contributed by atoms with Crippen molar-refractivity contribution < 1.29 is 0 Å². The molecule has 2 rings (SSSR count). The first-order chi connectivity index (χ1) is 7.79. The van der Waals surface area contributed by atoms with Crippen molar-refractivity contribution in [3.63, 3.8) is 0 Å². The molecule has 2 aromatic carbocycles. The maximum atomic E-state index is 6.15. The highest BCUT2D eigenvalue weighted by atomic mass is 35.5. The fourth-order valence-corrected chi connectivity index (χ4v) is 1.68. The van der Waals surface area contributed by atoms with E-state index in [1.807, 2.05) is 48.5 Å². The van der Waals surface area contributed by atoms with Gasteiger partial charge in [0.15, 0.2) is 0 Å². The first kappa shape index (κ1) is 13.3. The van der Waals surface area contributed by atoms with Gasteiger partial charge in [0.2, 0.25) is 0 Å². The lowest BCUT2D eigenvalue weighted by Gasteiger charge is -2.08. The second-order valence-corrected chi connectivity index (χ2v) is 3.77. The van der Waals surface area contributed by atoms with Gasteiger partial charge in [0, 0.05) is 5.70 Å². The molecule has 2 aromatic rings. The molecule has 0 atom stereocenters. The van der Waals surface area contributed by atoms with Crippen LogP contribution in [0.5, 0.6) is 0 Å². The molecule has 1 nitrogen and oxygen atoms in total. The summed E-state index contributed by atoms with van der Waals surface area (Å²) in [4.78, 5) is 0. The van der Waals surface area contributed by atoms with Gasteiger partial charge < -0.3 is 5.73 Å². The third-order valence-electron chi connectivity index (χ3n) is 2.70. The largest absolute Gasteiger partial charge is 0.398 e. The molecule has 0 aromatic heterocycles. The molecule has 0 spiro atoms. The molecule has 0 aliphatic carbocycles. The van der Waals surface area contributed by atoms with Crippen molar-refractivity contribution in [2.75, 3.05) is 0 Å². The predicted molar refractivity (Wildman–Crippen MR) is 76.8 cm³/mol. The molecule has 0 saturated carbocycles. The minimum atomic E-state index is 0. The molecule has 0 aliphatic rings. The van der Waals surface area contributed by atoms with E-state index in [1.54, 1.807) is 0 Å². The minimum absolute atomic E-state index is 0. The standard InChI is InChI=1S/C15H15N.ClH/c1-12(13-8-4-2-5-9-13)15(16)14-10-6-3-7-11-14;/h2-11H,16H2,1H3;1H. The monoisotopic (exact) mass is 245 g/mol. The van der Waals surface area contributed by atoms with E-state index in [9.17, 15) is 0 Å². The highest BCUT2D eigenvalue weighted by Crippen LogP contribution is 2.21. The van der Waals surface area contributed by atoms with Crippen LogP contribution in [-0.4, -0.2) is 0 Å². The highest BCUT2D eigenvalue weighted by molar-refractivity contribution is 5.88. The van der Waals surface area contributed by atoms with Crippen molar-refractivity contribution in [2.45, 2.75) is 6.92 Å². The van der Waals surface area contributed by atoms with Crippen LogP contribution in [0.1, 0.15) is 18.1 Å². The number of rotatable bonds is 2. The summed E-state index contributed by atoms with van der Waals surface area (Å²) in [6.45, 7) is 2.05. The van der Waals surface area contributed by atoms with Crippen molar-refractivity contribution in [2.24, 2.45) is 5.73 Å². The zero-order chi connectivity index (χ0) is 11.4. The lowest BCUT2D eigenvalue weighted by atomic mass is 10.0. The van der Waals surface area contributed by atoms with E-state index in [0.29, 0.717) is 0 Å². The van der Waals surface area contributed by atoms with Crippen LogP contribution in [0.2, 0.25) is 0 Å². The van der Waals surface area contributed by atoms with Crippen molar-refractivity contribution in [1.82, 2.24) is 0 Å². The van der Waals surface area contributed by atoms with E-state index < -0.39 is 0 Å². The molecule has 0 saturated heterocycles. The zero-order valence-electron chi connectivity index (χ0n) is 9.76. The number of nitrogens with two attached hydrogens (primary N) is 1. The average Bonchev–Trinajstić information content (AvgIpc) is 2.39. The number of hydrogen-bond acceptors (Lipinski definition) is 1. The minimum Gasteiger partial charge on any atom is -0.398 e. The second kappa shape index (κ2) is 6.12. The normalized spacial score (nSPS) is 11.4. The molecular formula is C15H16ClN. The molecule has 0 fully saturated rings. The molecule has 0 bridgehead atoms. The molecule has 2 N–H and O–H groups in total. The second-order valence-electron chi connectivity index (χ2n) is 3.77. The van der Waals surface area contributed by atoms with E-state index >= 15 is 0 Å². The summed E-state index contributed by atoms with van der Waals surface area (Å²) in [6.07, 6.45) is 0. The Morgan fingerprint density at radius 3 is 1.65 bits per heavy atom. The van der Waals surface area contributed by atoms with Gasteiger partial charge in [0.05, 0.1) is 0 Å². The summed E-state index contributed by atoms with van der Waals surface area (Å²) in [6, 6.07) is 20.3. The van der Waals surface area contributed by atoms with E-state index in [2.05, 4.69) is 19.1 Å². The van der Waals surface area contributed by atoms with Gasteiger partial charge in [-0.05, 0) is 23.6 Å². The van der Waals surface area contributed by atoms with Crippen LogP contribution < -0.4 is 5.73 Å². The quantitative estimate of drug-likeness (QED) is 0.797. The number of hydrogen-bond donors (Lipinski definition) is 1. The molecule has 0 amide bonds. The lowest BCUT2D eigenvalue weighted by Crippen LogP contribution is -1.99. The summed E-state index contributed by atoms with van der Waals surface area (Å²) < 4.78 is 0. The fraction of sp³-hybridized carbons (Fsp3) is 0.0667. The van der Waals surface area contributed by atoms with E-state index in [4.69, 9.17) is 5.73 Å². The number of halogens is 1. The zero-order valence-corrected chi connectivity index (χ0v) is 10.6. The Morgan fingerprint density at radius 2 is 1.18 bits per heavy atom. The summed E-state index contributed by atoms with van der Waals surface area (Å²) >= 11 is 0. The number of benzene rings is 2. The Labute approximate surface area is 108 Å². The summed E-state index contributed by atoms with van der Waals surface area (Å²) in [5, 5.41) is 0. The van der Waals surface area contributed by atoms with Crippen LogP contribution in [0.15, 0.2) is 60.7 Å². The van der Waals surface area contributed by atoms with Crippen molar-refractivity contribution in [3.8, 4) is 0 Å².